The van der Waals surface area contributed by atoms with Gasteiger partial charge in [0.2, 0.25) is 5.88 Å². The van der Waals surface area contributed by atoms with Crippen molar-refractivity contribution in [3.63, 3.8) is 0 Å². The van der Waals surface area contributed by atoms with E-state index in [1.165, 1.54) is 0 Å². The largest absolute Gasteiger partial charge is 0.495 e. The summed E-state index contributed by atoms with van der Waals surface area (Å²) in [6, 6.07) is 1.95. The minimum absolute atomic E-state index is 0.334. The van der Waals surface area contributed by atoms with E-state index in [0.717, 1.165) is 17.4 Å². The number of hydrogen-bond acceptors (Lipinski definition) is 4. The fourth-order valence-corrected chi connectivity index (χ4v) is 2.21. The van der Waals surface area contributed by atoms with Gasteiger partial charge in [0.15, 0.2) is 0 Å². The zero-order chi connectivity index (χ0) is 14.3. The van der Waals surface area contributed by atoms with Gasteiger partial charge >= 0.3 is 7.12 Å². The van der Waals surface area contributed by atoms with Gasteiger partial charge < -0.3 is 14.0 Å². The van der Waals surface area contributed by atoms with Crippen LogP contribution in [0.2, 0.25) is 0 Å². The van der Waals surface area contributed by atoms with Crippen LogP contribution in [0.15, 0.2) is 12.3 Å². The van der Waals surface area contributed by atoms with Gasteiger partial charge in [0, 0.05) is 11.8 Å². The van der Waals surface area contributed by atoms with Gasteiger partial charge in [0.25, 0.3) is 0 Å². The zero-order valence-corrected chi connectivity index (χ0v) is 12.6. The number of hydrogen-bond donors (Lipinski definition) is 0. The molecule has 1 aromatic rings. The van der Waals surface area contributed by atoms with Gasteiger partial charge in [-0.2, -0.15) is 0 Å². The second-order valence-corrected chi connectivity index (χ2v) is 5.83. The van der Waals surface area contributed by atoms with Crippen LogP contribution in [-0.4, -0.2) is 30.4 Å². The van der Waals surface area contributed by atoms with E-state index in [1.54, 1.807) is 13.3 Å². The summed E-state index contributed by atoms with van der Waals surface area (Å²) in [4.78, 5) is 4.24. The van der Waals surface area contributed by atoms with Crippen molar-refractivity contribution >= 4 is 12.6 Å². The predicted octanol–water partition coefficient (Wildman–Crippen LogP) is 1.95. The van der Waals surface area contributed by atoms with Crippen molar-refractivity contribution in [1.29, 1.82) is 0 Å². The first-order chi connectivity index (χ1) is 8.82. The fraction of sp³-hybridized carbons (Fsp3) is 0.643. The molecule has 0 aliphatic carbocycles. The molecule has 2 heterocycles. The average molecular weight is 263 g/mol. The van der Waals surface area contributed by atoms with E-state index in [0.29, 0.717) is 5.88 Å². The van der Waals surface area contributed by atoms with E-state index in [4.69, 9.17) is 14.0 Å². The van der Waals surface area contributed by atoms with Crippen LogP contribution < -0.4 is 10.2 Å². The summed E-state index contributed by atoms with van der Waals surface area (Å²) in [5.74, 6) is 0.648. The lowest BCUT2D eigenvalue weighted by Gasteiger charge is -2.32. The Morgan fingerprint density at radius 3 is 2.26 bits per heavy atom. The highest BCUT2D eigenvalue weighted by molar-refractivity contribution is 6.62. The van der Waals surface area contributed by atoms with Crippen LogP contribution in [0.1, 0.15) is 40.2 Å². The third-order valence-electron chi connectivity index (χ3n) is 4.11. The van der Waals surface area contributed by atoms with Crippen LogP contribution in [0.3, 0.4) is 0 Å². The predicted molar refractivity (Wildman–Crippen MR) is 75.9 cm³/mol. The van der Waals surface area contributed by atoms with E-state index >= 15 is 0 Å². The molecule has 4 nitrogen and oxygen atoms in total. The minimum atomic E-state index is -0.364. The molecule has 2 rings (SSSR count). The summed E-state index contributed by atoms with van der Waals surface area (Å²) in [6.07, 6.45) is 2.56. The summed E-state index contributed by atoms with van der Waals surface area (Å²) in [5.41, 5.74) is 1.38. The summed E-state index contributed by atoms with van der Waals surface area (Å²) in [7, 11) is 1.27. The summed E-state index contributed by atoms with van der Waals surface area (Å²) in [5, 5.41) is 0. The molecule has 0 bridgehead atoms. The quantitative estimate of drug-likeness (QED) is 0.781. The first kappa shape index (κ1) is 14.3. The SMILES string of the molecule is CCc1c(B2OC(C)(C)C(C)(C)O2)ccnc1OC. The average Bonchev–Trinajstić information content (AvgIpc) is 2.57. The van der Waals surface area contributed by atoms with Crippen molar-refractivity contribution in [2.24, 2.45) is 0 Å². The van der Waals surface area contributed by atoms with E-state index in [9.17, 15) is 0 Å². The molecule has 0 amide bonds. The second-order valence-electron chi connectivity index (χ2n) is 5.83. The van der Waals surface area contributed by atoms with Gasteiger partial charge in [-0.15, -0.1) is 0 Å². The van der Waals surface area contributed by atoms with E-state index < -0.39 is 0 Å². The molecule has 1 fully saturated rings. The number of pyridine rings is 1. The molecular formula is C14H22BNO3. The number of aromatic nitrogens is 1. The standard InChI is InChI=1S/C14H22BNO3/c1-7-10-11(8-9-16-12(10)17-6)15-18-13(2,3)14(4,5)19-15/h8-9H,7H2,1-6H3. The molecule has 104 valence electrons. The van der Waals surface area contributed by atoms with Crippen molar-refractivity contribution < 1.29 is 14.0 Å². The van der Waals surface area contributed by atoms with Gasteiger partial charge in [0.1, 0.15) is 0 Å². The first-order valence-corrected chi connectivity index (χ1v) is 6.70. The molecule has 0 aromatic carbocycles. The fourth-order valence-electron chi connectivity index (χ4n) is 2.21. The zero-order valence-electron chi connectivity index (χ0n) is 12.6. The maximum absolute atomic E-state index is 6.09. The number of rotatable bonds is 3. The lowest BCUT2D eigenvalue weighted by Crippen LogP contribution is -2.41. The third-order valence-corrected chi connectivity index (χ3v) is 4.11. The van der Waals surface area contributed by atoms with Crippen molar-refractivity contribution in [1.82, 2.24) is 4.98 Å². The van der Waals surface area contributed by atoms with Crippen LogP contribution in [0.4, 0.5) is 0 Å². The number of methoxy groups -OCH3 is 1. The Bertz CT molecular complexity index is 458. The summed E-state index contributed by atoms with van der Waals surface area (Å²) < 4.78 is 17.5. The van der Waals surface area contributed by atoms with E-state index in [1.807, 2.05) is 6.07 Å². The molecule has 0 N–H and O–H groups in total. The molecule has 19 heavy (non-hydrogen) atoms. The van der Waals surface area contributed by atoms with Crippen LogP contribution in [0.5, 0.6) is 5.88 Å². The maximum Gasteiger partial charge on any atom is 0.495 e. The van der Waals surface area contributed by atoms with E-state index in [2.05, 4.69) is 39.6 Å². The molecule has 1 aromatic heterocycles. The van der Waals surface area contributed by atoms with Crippen LogP contribution >= 0.6 is 0 Å². The smallest absolute Gasteiger partial charge is 0.481 e. The summed E-state index contributed by atoms with van der Waals surface area (Å²) >= 11 is 0. The molecular weight excluding hydrogens is 241 g/mol. The Morgan fingerprint density at radius 1 is 1.21 bits per heavy atom. The lowest BCUT2D eigenvalue weighted by molar-refractivity contribution is 0.00578. The van der Waals surface area contributed by atoms with Gasteiger partial charge in [-0.1, -0.05) is 6.92 Å². The second kappa shape index (κ2) is 4.80. The van der Waals surface area contributed by atoms with Crippen molar-refractivity contribution in [3.05, 3.63) is 17.8 Å². The molecule has 0 spiro atoms. The van der Waals surface area contributed by atoms with Gasteiger partial charge in [-0.05, 0) is 45.6 Å². The number of ether oxygens (including phenoxy) is 1. The molecule has 0 saturated carbocycles. The van der Waals surface area contributed by atoms with Gasteiger partial charge in [-0.25, -0.2) is 4.98 Å². The highest BCUT2D eigenvalue weighted by Crippen LogP contribution is 2.37. The Kier molecular flexibility index (Phi) is 3.62. The Morgan fingerprint density at radius 2 is 1.79 bits per heavy atom. The molecule has 1 aliphatic heterocycles. The monoisotopic (exact) mass is 263 g/mol. The molecule has 1 aliphatic rings. The van der Waals surface area contributed by atoms with Crippen LogP contribution in [-0.2, 0) is 15.7 Å². The van der Waals surface area contributed by atoms with Crippen molar-refractivity contribution in [3.8, 4) is 5.88 Å². The number of nitrogens with zero attached hydrogens (tertiary/aromatic N) is 1. The van der Waals surface area contributed by atoms with Gasteiger partial charge in [0.05, 0.1) is 18.3 Å². The highest BCUT2D eigenvalue weighted by atomic mass is 16.7. The molecule has 0 radical (unpaired) electrons. The Labute approximate surface area is 115 Å². The van der Waals surface area contributed by atoms with Crippen molar-refractivity contribution in [2.45, 2.75) is 52.2 Å². The minimum Gasteiger partial charge on any atom is -0.481 e. The highest BCUT2D eigenvalue weighted by Gasteiger charge is 2.52. The normalized spacial score (nSPS) is 20.6. The maximum atomic E-state index is 6.09. The molecule has 0 atom stereocenters. The van der Waals surface area contributed by atoms with E-state index in [-0.39, 0.29) is 18.3 Å². The van der Waals surface area contributed by atoms with Gasteiger partial charge in [-0.3, -0.25) is 0 Å². The van der Waals surface area contributed by atoms with Crippen LogP contribution in [0, 0.1) is 0 Å². The first-order valence-electron chi connectivity index (χ1n) is 6.70. The lowest BCUT2D eigenvalue weighted by atomic mass is 9.76. The van der Waals surface area contributed by atoms with Crippen molar-refractivity contribution in [2.75, 3.05) is 7.11 Å². The molecule has 1 saturated heterocycles. The molecule has 5 heteroatoms. The van der Waals surface area contributed by atoms with Crippen LogP contribution in [0.25, 0.3) is 0 Å². The third kappa shape index (κ3) is 2.37. The molecule has 0 unspecified atom stereocenters. The Balaban J connectivity index is 2.39. The summed E-state index contributed by atoms with van der Waals surface area (Å²) in [6.45, 7) is 10.3. The Hall–Kier alpha value is -1.07. The topological polar surface area (TPSA) is 40.6 Å².